The number of rotatable bonds is 3. The fraction of sp³-hybridized carbons (Fsp3) is 0.500. The topological polar surface area (TPSA) is 42.4 Å². The van der Waals surface area contributed by atoms with Gasteiger partial charge in [-0.15, -0.1) is 0 Å². The summed E-state index contributed by atoms with van der Waals surface area (Å²) in [5.74, 6) is -0.0284. The molecule has 1 saturated heterocycles. The van der Waals surface area contributed by atoms with Crippen LogP contribution in [0.25, 0.3) is 0 Å². The lowest BCUT2D eigenvalue weighted by Gasteiger charge is -2.29. The normalized spacial score (nSPS) is 17.3. The van der Waals surface area contributed by atoms with Crippen LogP contribution in [0.3, 0.4) is 0 Å². The highest BCUT2D eigenvalue weighted by atomic mass is 19.4. The van der Waals surface area contributed by atoms with Crippen molar-refractivity contribution in [3.05, 3.63) is 23.9 Å². The summed E-state index contributed by atoms with van der Waals surface area (Å²) in [6.07, 6.45) is -1.57. The number of piperidine rings is 1. The minimum absolute atomic E-state index is 0.0284. The van der Waals surface area contributed by atoms with Crippen molar-refractivity contribution in [2.75, 3.05) is 13.1 Å². The Kier molecular flexibility index (Phi) is 3.92. The highest BCUT2D eigenvalue weighted by Gasteiger charge is 2.31. The number of nitrogens with zero attached hydrogens (tertiary/aromatic N) is 2. The van der Waals surface area contributed by atoms with Gasteiger partial charge in [0.15, 0.2) is 0 Å². The van der Waals surface area contributed by atoms with E-state index >= 15 is 0 Å². The molecule has 7 heteroatoms. The van der Waals surface area contributed by atoms with Crippen LogP contribution in [0.15, 0.2) is 18.3 Å². The van der Waals surface area contributed by atoms with Gasteiger partial charge in [-0.3, -0.25) is 4.79 Å². The molecule has 104 valence electrons. The Hall–Kier alpha value is -1.79. The van der Waals surface area contributed by atoms with E-state index in [0.29, 0.717) is 25.9 Å². The van der Waals surface area contributed by atoms with E-state index in [4.69, 9.17) is 4.74 Å². The van der Waals surface area contributed by atoms with E-state index in [-0.39, 0.29) is 12.0 Å². The molecule has 19 heavy (non-hydrogen) atoms. The largest absolute Gasteiger partial charge is 0.474 e. The fourth-order valence-corrected chi connectivity index (χ4v) is 1.92. The number of hydrogen-bond donors (Lipinski definition) is 0. The molecule has 0 atom stereocenters. The van der Waals surface area contributed by atoms with Crippen molar-refractivity contribution in [1.29, 1.82) is 0 Å². The van der Waals surface area contributed by atoms with Gasteiger partial charge < -0.3 is 9.64 Å². The molecule has 0 aliphatic carbocycles. The van der Waals surface area contributed by atoms with Gasteiger partial charge >= 0.3 is 6.18 Å². The SMILES string of the molecule is O=CN1CCC(Oc2cc(C(F)(F)F)ccn2)CC1. The predicted molar refractivity (Wildman–Crippen MR) is 60.5 cm³/mol. The first-order valence-electron chi connectivity index (χ1n) is 5.88. The first-order chi connectivity index (χ1) is 8.99. The van der Waals surface area contributed by atoms with Crippen LogP contribution in [0.4, 0.5) is 13.2 Å². The molecule has 0 aromatic carbocycles. The molecule has 1 aromatic heterocycles. The predicted octanol–water partition coefficient (Wildman–Crippen LogP) is 2.10. The number of aromatic nitrogens is 1. The fourth-order valence-electron chi connectivity index (χ4n) is 1.92. The molecule has 4 nitrogen and oxygen atoms in total. The molecule has 0 saturated carbocycles. The summed E-state index contributed by atoms with van der Waals surface area (Å²) in [6.45, 7) is 1.10. The summed E-state index contributed by atoms with van der Waals surface area (Å²) >= 11 is 0. The van der Waals surface area contributed by atoms with Crippen LogP contribution in [0, 0.1) is 0 Å². The number of pyridine rings is 1. The van der Waals surface area contributed by atoms with Crippen molar-refractivity contribution in [3.63, 3.8) is 0 Å². The lowest BCUT2D eigenvalue weighted by Crippen LogP contribution is -2.37. The van der Waals surface area contributed by atoms with Crippen LogP contribution in [-0.2, 0) is 11.0 Å². The Balaban J connectivity index is 1.98. The van der Waals surface area contributed by atoms with Crippen LogP contribution in [0.2, 0.25) is 0 Å². The smallest absolute Gasteiger partial charge is 0.416 e. The van der Waals surface area contributed by atoms with E-state index < -0.39 is 11.7 Å². The standard InChI is InChI=1S/C12H13F3N2O2/c13-12(14,15)9-1-4-16-11(7-9)19-10-2-5-17(8-18)6-3-10/h1,4,7-8,10H,2-3,5-6H2. The second kappa shape index (κ2) is 5.46. The number of alkyl halides is 3. The van der Waals surface area contributed by atoms with Crippen LogP contribution in [-0.4, -0.2) is 35.5 Å². The third-order valence-electron chi connectivity index (χ3n) is 2.98. The molecule has 2 rings (SSSR count). The molecule has 1 aliphatic heterocycles. The van der Waals surface area contributed by atoms with E-state index in [9.17, 15) is 18.0 Å². The lowest BCUT2D eigenvalue weighted by atomic mass is 10.1. The molecule has 1 amide bonds. The molecular weight excluding hydrogens is 261 g/mol. The average molecular weight is 274 g/mol. The summed E-state index contributed by atoms with van der Waals surface area (Å²) in [6, 6.07) is 1.80. The second-order valence-electron chi connectivity index (χ2n) is 4.34. The van der Waals surface area contributed by atoms with Gasteiger partial charge in [-0.1, -0.05) is 0 Å². The Labute approximate surface area is 108 Å². The average Bonchev–Trinajstić information content (AvgIpc) is 2.39. The number of amides is 1. The molecule has 0 N–H and O–H groups in total. The zero-order valence-corrected chi connectivity index (χ0v) is 10.1. The zero-order chi connectivity index (χ0) is 13.9. The van der Waals surface area contributed by atoms with Crippen molar-refractivity contribution >= 4 is 6.41 Å². The number of halogens is 3. The van der Waals surface area contributed by atoms with Gasteiger partial charge in [0.25, 0.3) is 0 Å². The highest BCUT2D eigenvalue weighted by molar-refractivity contribution is 5.47. The van der Waals surface area contributed by atoms with Gasteiger partial charge in [0, 0.05) is 38.2 Å². The minimum Gasteiger partial charge on any atom is -0.474 e. The molecular formula is C12H13F3N2O2. The van der Waals surface area contributed by atoms with Crippen LogP contribution >= 0.6 is 0 Å². The molecule has 0 bridgehead atoms. The van der Waals surface area contributed by atoms with Gasteiger partial charge in [0.2, 0.25) is 12.3 Å². The summed E-state index contributed by atoms with van der Waals surface area (Å²) in [4.78, 5) is 15.9. The lowest BCUT2D eigenvalue weighted by molar-refractivity contribution is -0.137. The van der Waals surface area contributed by atoms with Gasteiger partial charge in [-0.25, -0.2) is 4.98 Å². The van der Waals surface area contributed by atoms with E-state index in [0.717, 1.165) is 24.7 Å². The number of hydrogen-bond acceptors (Lipinski definition) is 3. The molecule has 0 spiro atoms. The Morgan fingerprint density at radius 2 is 2.05 bits per heavy atom. The van der Waals surface area contributed by atoms with E-state index in [2.05, 4.69) is 4.98 Å². The number of carbonyl (C=O) groups is 1. The molecule has 0 unspecified atom stereocenters. The maximum atomic E-state index is 12.5. The maximum Gasteiger partial charge on any atom is 0.416 e. The summed E-state index contributed by atoms with van der Waals surface area (Å²) < 4.78 is 43.0. The van der Waals surface area contributed by atoms with Crippen molar-refractivity contribution in [2.45, 2.75) is 25.1 Å². The van der Waals surface area contributed by atoms with Crippen molar-refractivity contribution < 1.29 is 22.7 Å². The Bertz CT molecular complexity index is 443. The maximum absolute atomic E-state index is 12.5. The minimum atomic E-state index is -4.40. The molecule has 1 fully saturated rings. The summed E-state index contributed by atoms with van der Waals surface area (Å²) in [7, 11) is 0. The summed E-state index contributed by atoms with van der Waals surface area (Å²) in [5.41, 5.74) is -0.775. The first kappa shape index (κ1) is 13.6. The van der Waals surface area contributed by atoms with Crippen LogP contribution < -0.4 is 4.74 Å². The third-order valence-corrected chi connectivity index (χ3v) is 2.98. The van der Waals surface area contributed by atoms with E-state index in [1.165, 1.54) is 0 Å². The van der Waals surface area contributed by atoms with Crippen molar-refractivity contribution in [2.24, 2.45) is 0 Å². The van der Waals surface area contributed by atoms with Gasteiger partial charge in [-0.2, -0.15) is 13.2 Å². The Morgan fingerprint density at radius 1 is 1.37 bits per heavy atom. The van der Waals surface area contributed by atoms with Gasteiger partial charge in [0.05, 0.1) is 5.56 Å². The number of carbonyl (C=O) groups excluding carboxylic acids is 1. The van der Waals surface area contributed by atoms with Gasteiger partial charge in [-0.05, 0) is 6.07 Å². The van der Waals surface area contributed by atoms with Gasteiger partial charge in [0.1, 0.15) is 6.10 Å². The monoisotopic (exact) mass is 274 g/mol. The number of likely N-dealkylation sites (tertiary alicyclic amines) is 1. The van der Waals surface area contributed by atoms with E-state index in [1.54, 1.807) is 4.90 Å². The Morgan fingerprint density at radius 3 is 2.63 bits per heavy atom. The molecule has 1 aromatic rings. The molecule has 0 radical (unpaired) electrons. The van der Waals surface area contributed by atoms with Crippen LogP contribution in [0.5, 0.6) is 5.88 Å². The summed E-state index contributed by atoms with van der Waals surface area (Å²) in [5, 5.41) is 0. The second-order valence-corrected chi connectivity index (χ2v) is 4.34. The van der Waals surface area contributed by atoms with Crippen molar-refractivity contribution in [3.8, 4) is 5.88 Å². The molecule has 1 aliphatic rings. The molecule has 2 heterocycles. The van der Waals surface area contributed by atoms with E-state index in [1.807, 2.05) is 0 Å². The number of ether oxygens (including phenoxy) is 1. The first-order valence-corrected chi connectivity index (χ1v) is 5.88. The highest BCUT2D eigenvalue weighted by Crippen LogP contribution is 2.30. The quantitative estimate of drug-likeness (QED) is 0.793. The zero-order valence-electron chi connectivity index (χ0n) is 10.1. The van der Waals surface area contributed by atoms with Crippen molar-refractivity contribution in [1.82, 2.24) is 9.88 Å². The van der Waals surface area contributed by atoms with Crippen LogP contribution in [0.1, 0.15) is 18.4 Å². The third kappa shape index (κ3) is 3.59.